The zero-order valence-corrected chi connectivity index (χ0v) is 14.0. The van der Waals surface area contributed by atoms with Gasteiger partial charge in [-0.3, -0.25) is 0 Å². The Labute approximate surface area is 136 Å². The van der Waals surface area contributed by atoms with E-state index in [2.05, 4.69) is 0 Å². The van der Waals surface area contributed by atoms with Crippen LogP contribution in [0.1, 0.15) is 38.1 Å². The van der Waals surface area contributed by atoms with Crippen LogP contribution >= 0.6 is 0 Å². The molecule has 23 heavy (non-hydrogen) atoms. The van der Waals surface area contributed by atoms with Gasteiger partial charge in [0.25, 0.3) is 0 Å². The van der Waals surface area contributed by atoms with E-state index in [1.165, 1.54) is 0 Å². The fourth-order valence-corrected chi connectivity index (χ4v) is 2.09. The van der Waals surface area contributed by atoms with Crippen LogP contribution in [0.4, 0.5) is 4.79 Å². The average molecular weight is 321 g/mol. The van der Waals surface area contributed by atoms with Gasteiger partial charge in [0.05, 0.1) is 25.3 Å². The van der Waals surface area contributed by atoms with Gasteiger partial charge in [-0.05, 0) is 45.9 Å². The van der Waals surface area contributed by atoms with Crippen LogP contribution in [0.15, 0.2) is 24.3 Å². The van der Waals surface area contributed by atoms with Crippen molar-refractivity contribution in [2.75, 3.05) is 19.7 Å². The molecule has 0 aliphatic carbocycles. The number of hydrogen-bond donors (Lipinski definition) is 0. The second-order valence-corrected chi connectivity index (χ2v) is 6.37. The van der Waals surface area contributed by atoms with Crippen LogP contribution in [-0.4, -0.2) is 48.4 Å². The molecule has 1 fully saturated rings. The van der Waals surface area contributed by atoms with Crippen LogP contribution in [0, 0.1) is 0 Å². The van der Waals surface area contributed by atoms with Gasteiger partial charge in [0.2, 0.25) is 0 Å². The maximum atomic E-state index is 11.8. The lowest BCUT2D eigenvalue weighted by atomic mass is 10.1. The molecule has 1 saturated heterocycles. The van der Waals surface area contributed by atoms with Gasteiger partial charge in [0, 0.05) is 0 Å². The molecule has 0 N–H and O–H groups in total. The summed E-state index contributed by atoms with van der Waals surface area (Å²) < 4.78 is 16.0. The maximum absolute atomic E-state index is 11.8. The SMILES string of the molecule is CCOC(=O)c1cccc(OC2CN(C(=O)OC(C)(C)C)C2)c1. The fourth-order valence-electron chi connectivity index (χ4n) is 2.09. The fraction of sp³-hybridized carbons (Fsp3) is 0.529. The number of benzene rings is 1. The highest BCUT2D eigenvalue weighted by Crippen LogP contribution is 2.21. The van der Waals surface area contributed by atoms with Gasteiger partial charge in [0.1, 0.15) is 17.5 Å². The monoisotopic (exact) mass is 321 g/mol. The highest BCUT2D eigenvalue weighted by molar-refractivity contribution is 5.89. The summed E-state index contributed by atoms with van der Waals surface area (Å²) in [7, 11) is 0. The maximum Gasteiger partial charge on any atom is 0.410 e. The summed E-state index contributed by atoms with van der Waals surface area (Å²) in [4.78, 5) is 25.1. The summed E-state index contributed by atoms with van der Waals surface area (Å²) in [6, 6.07) is 6.84. The van der Waals surface area contributed by atoms with Crippen LogP contribution in [0.5, 0.6) is 5.75 Å². The predicted octanol–water partition coefficient (Wildman–Crippen LogP) is 2.86. The number of amides is 1. The van der Waals surface area contributed by atoms with Crippen molar-refractivity contribution in [1.29, 1.82) is 0 Å². The van der Waals surface area contributed by atoms with E-state index < -0.39 is 5.60 Å². The molecule has 0 aromatic heterocycles. The topological polar surface area (TPSA) is 65.1 Å². The van der Waals surface area contributed by atoms with E-state index in [1.807, 2.05) is 20.8 Å². The first-order valence-electron chi connectivity index (χ1n) is 7.70. The summed E-state index contributed by atoms with van der Waals surface area (Å²) in [5.41, 5.74) is -0.0514. The first-order chi connectivity index (χ1) is 10.8. The number of carbonyl (C=O) groups excluding carboxylic acids is 2. The number of carbonyl (C=O) groups is 2. The molecule has 1 aromatic rings. The zero-order chi connectivity index (χ0) is 17.0. The normalized spacial score (nSPS) is 14.9. The van der Waals surface area contributed by atoms with E-state index in [1.54, 1.807) is 36.1 Å². The summed E-state index contributed by atoms with van der Waals surface area (Å²) in [5.74, 6) is 0.214. The molecule has 2 rings (SSSR count). The van der Waals surface area contributed by atoms with Gasteiger partial charge in [-0.25, -0.2) is 9.59 Å². The van der Waals surface area contributed by atoms with Crippen molar-refractivity contribution in [2.24, 2.45) is 0 Å². The van der Waals surface area contributed by atoms with Crippen molar-refractivity contribution < 1.29 is 23.8 Å². The predicted molar refractivity (Wildman–Crippen MR) is 84.6 cm³/mol. The number of rotatable bonds is 4. The van der Waals surface area contributed by atoms with E-state index in [0.717, 1.165) is 0 Å². The van der Waals surface area contributed by atoms with Crippen molar-refractivity contribution in [3.05, 3.63) is 29.8 Å². The third kappa shape index (κ3) is 4.87. The number of ether oxygens (including phenoxy) is 3. The molecule has 1 aliphatic rings. The van der Waals surface area contributed by atoms with Gasteiger partial charge in [-0.15, -0.1) is 0 Å². The Bertz CT molecular complexity index is 573. The molecular weight excluding hydrogens is 298 g/mol. The first-order valence-corrected chi connectivity index (χ1v) is 7.70. The van der Waals surface area contributed by atoms with Gasteiger partial charge in [0.15, 0.2) is 0 Å². The lowest BCUT2D eigenvalue weighted by Crippen LogP contribution is -2.57. The molecule has 1 aliphatic heterocycles. The summed E-state index contributed by atoms with van der Waals surface area (Å²) in [6.45, 7) is 8.53. The van der Waals surface area contributed by atoms with E-state index >= 15 is 0 Å². The first kappa shape index (κ1) is 17.1. The Morgan fingerprint density at radius 1 is 1.26 bits per heavy atom. The van der Waals surface area contributed by atoms with E-state index in [0.29, 0.717) is 31.0 Å². The molecule has 1 aromatic carbocycles. The summed E-state index contributed by atoms with van der Waals surface area (Å²) in [5, 5.41) is 0. The number of esters is 1. The molecule has 0 atom stereocenters. The van der Waals surface area contributed by atoms with E-state index in [4.69, 9.17) is 14.2 Å². The molecular formula is C17H23NO5. The molecule has 1 amide bonds. The van der Waals surface area contributed by atoms with Crippen molar-refractivity contribution in [3.63, 3.8) is 0 Å². The molecule has 0 saturated carbocycles. The lowest BCUT2D eigenvalue weighted by Gasteiger charge is -2.39. The highest BCUT2D eigenvalue weighted by atomic mass is 16.6. The number of likely N-dealkylation sites (tertiary alicyclic amines) is 1. The van der Waals surface area contributed by atoms with Crippen LogP contribution in [-0.2, 0) is 9.47 Å². The van der Waals surface area contributed by atoms with Gasteiger partial charge in [-0.2, -0.15) is 0 Å². The summed E-state index contributed by atoms with van der Waals surface area (Å²) in [6.07, 6.45) is -0.433. The quantitative estimate of drug-likeness (QED) is 0.798. The van der Waals surface area contributed by atoms with Crippen LogP contribution in [0.25, 0.3) is 0 Å². The summed E-state index contributed by atoms with van der Waals surface area (Å²) >= 11 is 0. The number of hydrogen-bond acceptors (Lipinski definition) is 5. The van der Waals surface area contributed by atoms with Crippen LogP contribution in [0.2, 0.25) is 0 Å². The standard InChI is InChI=1S/C17H23NO5/c1-5-21-15(19)12-7-6-8-13(9-12)22-14-10-18(11-14)16(20)23-17(2,3)4/h6-9,14H,5,10-11H2,1-4H3. The van der Waals surface area contributed by atoms with Gasteiger partial charge >= 0.3 is 12.1 Å². The van der Waals surface area contributed by atoms with Gasteiger partial charge in [-0.1, -0.05) is 6.07 Å². The minimum Gasteiger partial charge on any atom is -0.487 e. The number of nitrogens with zero attached hydrogens (tertiary/aromatic N) is 1. The second kappa shape index (κ2) is 6.89. The highest BCUT2D eigenvalue weighted by Gasteiger charge is 2.35. The molecule has 1 heterocycles. The third-order valence-corrected chi connectivity index (χ3v) is 3.15. The lowest BCUT2D eigenvalue weighted by molar-refractivity contribution is -0.0221. The molecule has 126 valence electrons. The zero-order valence-electron chi connectivity index (χ0n) is 14.0. The Balaban J connectivity index is 1.85. The van der Waals surface area contributed by atoms with Crippen molar-refractivity contribution >= 4 is 12.1 Å². The van der Waals surface area contributed by atoms with Crippen molar-refractivity contribution in [3.8, 4) is 5.75 Å². The van der Waals surface area contributed by atoms with Gasteiger partial charge < -0.3 is 19.1 Å². The minimum atomic E-state index is -0.503. The Morgan fingerprint density at radius 2 is 1.96 bits per heavy atom. The average Bonchev–Trinajstić information content (AvgIpc) is 2.41. The molecule has 0 bridgehead atoms. The van der Waals surface area contributed by atoms with Crippen LogP contribution < -0.4 is 4.74 Å². The van der Waals surface area contributed by atoms with Crippen LogP contribution in [0.3, 0.4) is 0 Å². The third-order valence-electron chi connectivity index (χ3n) is 3.15. The minimum absolute atomic E-state index is 0.0973. The second-order valence-electron chi connectivity index (χ2n) is 6.37. The Kier molecular flexibility index (Phi) is 5.13. The Hall–Kier alpha value is -2.24. The smallest absolute Gasteiger partial charge is 0.410 e. The van der Waals surface area contributed by atoms with Crippen molar-refractivity contribution in [1.82, 2.24) is 4.90 Å². The van der Waals surface area contributed by atoms with Crippen molar-refractivity contribution in [2.45, 2.75) is 39.4 Å². The Morgan fingerprint density at radius 3 is 2.57 bits per heavy atom. The molecule has 6 nitrogen and oxygen atoms in total. The molecule has 0 unspecified atom stereocenters. The molecule has 0 radical (unpaired) electrons. The van der Waals surface area contributed by atoms with E-state index in [9.17, 15) is 9.59 Å². The molecule has 6 heteroatoms. The molecule has 0 spiro atoms. The van der Waals surface area contributed by atoms with E-state index in [-0.39, 0.29) is 18.2 Å². The largest absolute Gasteiger partial charge is 0.487 e.